The van der Waals surface area contributed by atoms with Crippen LogP contribution in [0.3, 0.4) is 0 Å². The molecule has 0 radical (unpaired) electrons. The van der Waals surface area contributed by atoms with Crippen molar-refractivity contribution in [3.63, 3.8) is 0 Å². The molecule has 152 valence electrons. The zero-order valence-electron chi connectivity index (χ0n) is 16.5. The highest BCUT2D eigenvalue weighted by molar-refractivity contribution is 7.13. The van der Waals surface area contributed by atoms with Crippen LogP contribution in [0.1, 0.15) is 50.4 Å². The molecule has 1 heterocycles. The summed E-state index contributed by atoms with van der Waals surface area (Å²) in [7, 11) is 1.91. The highest BCUT2D eigenvalue weighted by Gasteiger charge is 2.25. The Labute approximate surface area is 174 Å². The number of hydrogen-bond acceptors (Lipinski definition) is 6. The Morgan fingerprint density at radius 3 is 2.72 bits per heavy atom. The summed E-state index contributed by atoms with van der Waals surface area (Å²) in [4.78, 5) is 30.8. The van der Waals surface area contributed by atoms with Gasteiger partial charge in [0.15, 0.2) is 0 Å². The Bertz CT molecular complexity index is 916. The van der Waals surface area contributed by atoms with Gasteiger partial charge in [0.05, 0.1) is 22.9 Å². The minimum atomic E-state index is -0.642. The van der Waals surface area contributed by atoms with Gasteiger partial charge in [0.1, 0.15) is 4.88 Å². The van der Waals surface area contributed by atoms with Gasteiger partial charge < -0.3 is 16.0 Å². The van der Waals surface area contributed by atoms with Crippen LogP contribution >= 0.6 is 11.3 Å². The smallest absolute Gasteiger partial charge is 0.266 e. The van der Waals surface area contributed by atoms with Crippen molar-refractivity contribution in [2.45, 2.75) is 25.8 Å². The Kier molecular flexibility index (Phi) is 8.52. The molecule has 0 unspecified atom stereocenters. The van der Waals surface area contributed by atoms with Crippen LogP contribution in [-0.2, 0) is 6.54 Å². The van der Waals surface area contributed by atoms with Crippen molar-refractivity contribution in [3.8, 4) is 6.07 Å². The lowest BCUT2D eigenvalue weighted by atomic mass is 10.1. The molecule has 0 aliphatic heterocycles. The first-order chi connectivity index (χ1) is 14.0. The van der Waals surface area contributed by atoms with Gasteiger partial charge in [0, 0.05) is 18.5 Å². The number of benzene rings is 1. The van der Waals surface area contributed by atoms with E-state index in [1.54, 1.807) is 17.0 Å². The SMILES string of the molecule is C=Nc1c(C(N)=O)csc1C(=O)N(CCCCCNC)Cc1ccccc1C#N. The second-order valence-corrected chi connectivity index (χ2v) is 7.39. The predicted molar refractivity (Wildman–Crippen MR) is 116 cm³/mol. The number of carbonyl (C=O) groups excluding carboxylic acids is 2. The van der Waals surface area contributed by atoms with Crippen LogP contribution in [0.4, 0.5) is 5.69 Å². The summed E-state index contributed by atoms with van der Waals surface area (Å²) >= 11 is 1.13. The van der Waals surface area contributed by atoms with Gasteiger partial charge in [-0.05, 0) is 44.8 Å². The molecule has 2 rings (SSSR count). The van der Waals surface area contributed by atoms with Crippen LogP contribution in [0.25, 0.3) is 0 Å². The van der Waals surface area contributed by atoms with Gasteiger partial charge in [0.2, 0.25) is 0 Å². The lowest BCUT2D eigenvalue weighted by molar-refractivity contribution is 0.0745. The van der Waals surface area contributed by atoms with E-state index in [9.17, 15) is 14.9 Å². The fourth-order valence-corrected chi connectivity index (χ4v) is 3.96. The molecular weight excluding hydrogens is 386 g/mol. The molecule has 3 N–H and O–H groups in total. The van der Waals surface area contributed by atoms with Gasteiger partial charge in [-0.3, -0.25) is 14.6 Å². The number of nitrogens with one attached hydrogen (secondary N) is 1. The molecule has 1 aromatic heterocycles. The summed E-state index contributed by atoms with van der Waals surface area (Å²) < 4.78 is 0. The van der Waals surface area contributed by atoms with Crippen molar-refractivity contribution in [1.82, 2.24) is 10.2 Å². The van der Waals surface area contributed by atoms with Crippen LogP contribution in [0.15, 0.2) is 34.6 Å². The first-order valence-electron chi connectivity index (χ1n) is 9.33. The van der Waals surface area contributed by atoms with Crippen molar-refractivity contribution in [3.05, 3.63) is 51.2 Å². The van der Waals surface area contributed by atoms with Gasteiger partial charge in [-0.1, -0.05) is 24.6 Å². The monoisotopic (exact) mass is 411 g/mol. The van der Waals surface area contributed by atoms with Crippen LogP contribution in [-0.4, -0.2) is 43.6 Å². The number of amides is 2. The average molecular weight is 412 g/mol. The van der Waals surface area contributed by atoms with E-state index in [4.69, 9.17) is 5.73 Å². The molecule has 2 amide bonds. The summed E-state index contributed by atoms with van der Waals surface area (Å²) in [5, 5.41) is 14.0. The molecule has 8 heteroatoms. The van der Waals surface area contributed by atoms with Crippen molar-refractivity contribution in [2.24, 2.45) is 10.7 Å². The summed E-state index contributed by atoms with van der Waals surface area (Å²) in [6.07, 6.45) is 2.80. The molecule has 0 saturated heterocycles. The molecule has 0 aliphatic carbocycles. The van der Waals surface area contributed by atoms with E-state index in [1.807, 2.05) is 19.2 Å². The molecule has 0 aliphatic rings. The Morgan fingerprint density at radius 2 is 2.07 bits per heavy atom. The summed E-state index contributed by atoms with van der Waals surface area (Å²) in [6.45, 7) is 5.23. The quantitative estimate of drug-likeness (QED) is 0.437. The van der Waals surface area contributed by atoms with E-state index in [2.05, 4.69) is 23.1 Å². The second kappa shape index (κ2) is 11.1. The van der Waals surface area contributed by atoms with Crippen molar-refractivity contribution in [2.75, 3.05) is 20.1 Å². The first-order valence-corrected chi connectivity index (χ1v) is 10.2. The van der Waals surface area contributed by atoms with E-state index in [-0.39, 0.29) is 17.2 Å². The summed E-state index contributed by atoms with van der Waals surface area (Å²) in [6, 6.07) is 9.39. The fraction of sp³-hybridized carbons (Fsp3) is 0.333. The van der Waals surface area contributed by atoms with Crippen molar-refractivity contribution < 1.29 is 9.59 Å². The van der Waals surface area contributed by atoms with Crippen LogP contribution in [0, 0.1) is 11.3 Å². The zero-order chi connectivity index (χ0) is 21.2. The molecule has 0 saturated carbocycles. The zero-order valence-corrected chi connectivity index (χ0v) is 17.3. The normalized spacial score (nSPS) is 10.3. The van der Waals surface area contributed by atoms with Gasteiger partial charge in [0.25, 0.3) is 11.8 Å². The highest BCUT2D eigenvalue weighted by atomic mass is 32.1. The standard InChI is InChI=1S/C21H25N5O2S/c1-24-10-6-3-7-11-26(13-16-9-5-4-8-15(16)12-22)21(28)19-18(25-2)17(14-29-19)20(23)27/h4-5,8-9,14,24H,2-3,6-7,10-11,13H2,1H3,(H2,23,27). The lowest BCUT2D eigenvalue weighted by Crippen LogP contribution is -2.31. The van der Waals surface area contributed by atoms with Gasteiger partial charge >= 0.3 is 0 Å². The molecule has 0 spiro atoms. The number of primary amides is 1. The Hall–Kier alpha value is -3.02. The minimum absolute atomic E-state index is 0.194. The third-order valence-corrected chi connectivity index (χ3v) is 5.48. The van der Waals surface area contributed by atoms with Crippen molar-refractivity contribution in [1.29, 1.82) is 5.26 Å². The molecule has 0 fully saturated rings. The van der Waals surface area contributed by atoms with E-state index in [0.29, 0.717) is 23.5 Å². The van der Waals surface area contributed by atoms with Gasteiger partial charge in [-0.25, -0.2) is 0 Å². The largest absolute Gasteiger partial charge is 0.366 e. The first kappa shape index (κ1) is 22.3. The molecule has 7 nitrogen and oxygen atoms in total. The molecule has 29 heavy (non-hydrogen) atoms. The number of carbonyl (C=O) groups is 2. The number of nitrogens with zero attached hydrogens (tertiary/aromatic N) is 3. The van der Waals surface area contributed by atoms with E-state index >= 15 is 0 Å². The molecule has 0 bridgehead atoms. The molecule has 0 atom stereocenters. The summed E-state index contributed by atoms with van der Waals surface area (Å²) in [5.41, 5.74) is 7.11. The predicted octanol–water partition coefficient (Wildman–Crippen LogP) is 3.08. The maximum Gasteiger partial charge on any atom is 0.266 e. The number of nitrogens with two attached hydrogens (primary N) is 1. The maximum absolute atomic E-state index is 13.3. The average Bonchev–Trinajstić information content (AvgIpc) is 3.17. The number of thiophene rings is 1. The number of rotatable bonds is 11. The number of unbranched alkanes of at least 4 members (excludes halogenated alkanes) is 2. The number of aliphatic imine (C=N–C) groups is 1. The second-order valence-electron chi connectivity index (χ2n) is 6.51. The molecule has 1 aromatic carbocycles. The minimum Gasteiger partial charge on any atom is -0.366 e. The Balaban J connectivity index is 2.28. The van der Waals surface area contributed by atoms with Crippen LogP contribution < -0.4 is 11.1 Å². The number of nitriles is 1. The van der Waals surface area contributed by atoms with Gasteiger partial charge in [-0.2, -0.15) is 5.26 Å². The van der Waals surface area contributed by atoms with E-state index in [1.165, 1.54) is 5.38 Å². The maximum atomic E-state index is 13.3. The van der Waals surface area contributed by atoms with E-state index in [0.717, 1.165) is 42.7 Å². The van der Waals surface area contributed by atoms with E-state index < -0.39 is 5.91 Å². The lowest BCUT2D eigenvalue weighted by Gasteiger charge is -2.23. The van der Waals surface area contributed by atoms with Crippen molar-refractivity contribution >= 4 is 35.6 Å². The van der Waals surface area contributed by atoms with Crippen LogP contribution in [0.5, 0.6) is 0 Å². The Morgan fingerprint density at radius 1 is 1.31 bits per heavy atom. The molecule has 2 aromatic rings. The van der Waals surface area contributed by atoms with Crippen LogP contribution in [0.2, 0.25) is 0 Å². The van der Waals surface area contributed by atoms with Gasteiger partial charge in [-0.15, -0.1) is 11.3 Å². The fourth-order valence-electron chi connectivity index (χ4n) is 2.99. The number of hydrogen-bond donors (Lipinski definition) is 2. The third kappa shape index (κ3) is 5.73. The third-order valence-electron chi connectivity index (χ3n) is 4.52. The highest BCUT2D eigenvalue weighted by Crippen LogP contribution is 2.32. The summed E-state index contributed by atoms with van der Waals surface area (Å²) in [5.74, 6) is -0.887. The molecular formula is C21H25N5O2S. The topological polar surface area (TPSA) is 112 Å².